The topological polar surface area (TPSA) is 45.5 Å². The molecule has 0 amide bonds. The summed E-state index contributed by atoms with van der Waals surface area (Å²) in [6.45, 7) is 2.04. The molecule has 0 fully saturated rings. The Morgan fingerprint density at radius 3 is 2.86 bits per heavy atom. The highest BCUT2D eigenvalue weighted by atomic mass is 15.5. The molecule has 2 rings (SSSR count). The average molecular weight is 191 g/mol. The molecule has 74 valence electrons. The molecule has 0 saturated carbocycles. The molecule has 0 bridgehead atoms. The highest BCUT2D eigenvalue weighted by molar-refractivity contribution is 5.50. The average Bonchev–Trinajstić information content (AvgIpc) is 2.50. The number of hydrogen-bond donors (Lipinski definition) is 1. The molecule has 0 aromatic carbocycles. The van der Waals surface area contributed by atoms with Gasteiger partial charge in [0.25, 0.3) is 0 Å². The molecule has 0 saturated heterocycles. The SMILES string of the molecule is Cc1cc(NN(C)C)n2ncnc2c1. The van der Waals surface area contributed by atoms with E-state index in [-0.39, 0.29) is 0 Å². The number of anilines is 1. The van der Waals surface area contributed by atoms with E-state index in [1.54, 1.807) is 10.8 Å². The lowest BCUT2D eigenvalue weighted by Crippen LogP contribution is -2.21. The number of fused-ring (bicyclic) bond motifs is 1. The van der Waals surface area contributed by atoms with Gasteiger partial charge in [0.15, 0.2) is 5.65 Å². The lowest BCUT2D eigenvalue weighted by atomic mass is 10.3. The van der Waals surface area contributed by atoms with Crippen molar-refractivity contribution in [3.63, 3.8) is 0 Å². The molecule has 0 radical (unpaired) electrons. The van der Waals surface area contributed by atoms with Crippen LogP contribution in [0.3, 0.4) is 0 Å². The molecule has 0 aliphatic carbocycles. The largest absolute Gasteiger partial charge is 0.304 e. The summed E-state index contributed by atoms with van der Waals surface area (Å²) in [5.41, 5.74) is 5.19. The second kappa shape index (κ2) is 3.26. The van der Waals surface area contributed by atoms with Gasteiger partial charge in [-0.1, -0.05) is 0 Å². The third-order valence-electron chi connectivity index (χ3n) is 1.86. The highest BCUT2D eigenvalue weighted by Gasteiger charge is 2.03. The second-order valence-electron chi connectivity index (χ2n) is 3.45. The van der Waals surface area contributed by atoms with Gasteiger partial charge in [-0.2, -0.15) is 9.61 Å². The molecule has 0 unspecified atom stereocenters. The van der Waals surface area contributed by atoms with Crippen molar-refractivity contribution in [2.45, 2.75) is 6.92 Å². The first-order chi connectivity index (χ1) is 6.66. The smallest absolute Gasteiger partial charge is 0.157 e. The Morgan fingerprint density at radius 2 is 2.14 bits per heavy atom. The maximum absolute atomic E-state index is 4.14. The third-order valence-corrected chi connectivity index (χ3v) is 1.86. The molecule has 2 aromatic heterocycles. The summed E-state index contributed by atoms with van der Waals surface area (Å²) in [5.74, 6) is 0.919. The zero-order chi connectivity index (χ0) is 10.1. The van der Waals surface area contributed by atoms with Crippen LogP contribution in [0, 0.1) is 6.92 Å². The van der Waals surface area contributed by atoms with Crippen molar-refractivity contribution < 1.29 is 0 Å². The molecule has 2 heterocycles. The van der Waals surface area contributed by atoms with Crippen molar-refractivity contribution in [2.75, 3.05) is 19.5 Å². The predicted molar refractivity (Wildman–Crippen MR) is 55.0 cm³/mol. The predicted octanol–water partition coefficient (Wildman–Crippen LogP) is 0.926. The monoisotopic (exact) mass is 191 g/mol. The van der Waals surface area contributed by atoms with Crippen LogP contribution < -0.4 is 5.43 Å². The summed E-state index contributed by atoms with van der Waals surface area (Å²) in [5, 5.41) is 6.00. The number of aromatic nitrogens is 3. The molecule has 5 nitrogen and oxygen atoms in total. The first kappa shape index (κ1) is 8.96. The molecular formula is C9H13N5. The first-order valence-corrected chi connectivity index (χ1v) is 4.41. The summed E-state index contributed by atoms with van der Waals surface area (Å²) in [7, 11) is 3.87. The van der Waals surface area contributed by atoms with Gasteiger partial charge in [0.05, 0.1) is 0 Å². The third kappa shape index (κ3) is 1.54. The van der Waals surface area contributed by atoms with Crippen LogP contribution in [-0.2, 0) is 0 Å². The molecular weight excluding hydrogens is 178 g/mol. The van der Waals surface area contributed by atoms with Crippen molar-refractivity contribution in [3.05, 3.63) is 24.0 Å². The van der Waals surface area contributed by atoms with E-state index < -0.39 is 0 Å². The van der Waals surface area contributed by atoms with E-state index in [1.807, 2.05) is 38.2 Å². The number of hydrazine groups is 1. The van der Waals surface area contributed by atoms with E-state index in [4.69, 9.17) is 0 Å². The van der Waals surface area contributed by atoms with E-state index in [9.17, 15) is 0 Å². The molecule has 1 N–H and O–H groups in total. The van der Waals surface area contributed by atoms with Crippen molar-refractivity contribution in [2.24, 2.45) is 0 Å². The van der Waals surface area contributed by atoms with Crippen LogP contribution in [0.2, 0.25) is 0 Å². The van der Waals surface area contributed by atoms with E-state index in [0.717, 1.165) is 17.0 Å². The number of hydrogen-bond acceptors (Lipinski definition) is 4. The summed E-state index contributed by atoms with van der Waals surface area (Å²) in [6.07, 6.45) is 1.55. The Hall–Kier alpha value is -1.62. The highest BCUT2D eigenvalue weighted by Crippen LogP contribution is 2.12. The standard InChI is InChI=1S/C9H13N5/c1-7-4-8-10-6-11-14(8)9(5-7)12-13(2)3/h4-6,12H,1-3H3. The van der Waals surface area contributed by atoms with Gasteiger partial charge in [-0.05, 0) is 24.6 Å². The maximum Gasteiger partial charge on any atom is 0.157 e. The van der Waals surface area contributed by atoms with Crippen molar-refractivity contribution in [3.8, 4) is 0 Å². The molecule has 0 spiro atoms. The number of nitrogens with zero attached hydrogens (tertiary/aromatic N) is 4. The van der Waals surface area contributed by atoms with Gasteiger partial charge in [0, 0.05) is 14.1 Å². The Labute approximate surface area is 82.3 Å². The van der Waals surface area contributed by atoms with Crippen LogP contribution in [-0.4, -0.2) is 33.7 Å². The fourth-order valence-electron chi connectivity index (χ4n) is 1.37. The van der Waals surface area contributed by atoms with E-state index in [1.165, 1.54) is 0 Å². The fourth-order valence-corrected chi connectivity index (χ4v) is 1.37. The van der Waals surface area contributed by atoms with Crippen LogP contribution >= 0.6 is 0 Å². The quantitative estimate of drug-likeness (QED) is 0.717. The molecule has 0 atom stereocenters. The van der Waals surface area contributed by atoms with E-state index in [2.05, 4.69) is 15.5 Å². The molecule has 5 heteroatoms. The number of pyridine rings is 1. The van der Waals surface area contributed by atoms with Crippen molar-refractivity contribution >= 4 is 11.5 Å². The maximum atomic E-state index is 4.14. The minimum absolute atomic E-state index is 0.856. The lowest BCUT2D eigenvalue weighted by Gasteiger charge is -2.14. The van der Waals surface area contributed by atoms with E-state index in [0.29, 0.717) is 0 Å². The molecule has 0 aliphatic rings. The first-order valence-electron chi connectivity index (χ1n) is 4.41. The number of rotatable bonds is 2. The minimum atomic E-state index is 0.856. The van der Waals surface area contributed by atoms with E-state index >= 15 is 0 Å². The minimum Gasteiger partial charge on any atom is -0.304 e. The number of nitrogens with one attached hydrogen (secondary N) is 1. The molecule has 14 heavy (non-hydrogen) atoms. The molecule has 2 aromatic rings. The van der Waals surface area contributed by atoms with Gasteiger partial charge in [-0.3, -0.25) is 0 Å². The van der Waals surface area contributed by atoms with Crippen LogP contribution in [0.25, 0.3) is 5.65 Å². The van der Waals surface area contributed by atoms with Crippen LogP contribution in [0.1, 0.15) is 5.56 Å². The Bertz CT molecular complexity index is 445. The van der Waals surface area contributed by atoms with Crippen LogP contribution in [0.4, 0.5) is 5.82 Å². The van der Waals surface area contributed by atoms with Gasteiger partial charge in [-0.15, -0.1) is 0 Å². The van der Waals surface area contributed by atoms with Crippen LogP contribution in [0.5, 0.6) is 0 Å². The summed E-state index contributed by atoms with van der Waals surface area (Å²) >= 11 is 0. The second-order valence-corrected chi connectivity index (χ2v) is 3.45. The zero-order valence-electron chi connectivity index (χ0n) is 8.52. The van der Waals surface area contributed by atoms with Gasteiger partial charge >= 0.3 is 0 Å². The van der Waals surface area contributed by atoms with Crippen molar-refractivity contribution in [1.82, 2.24) is 19.6 Å². The van der Waals surface area contributed by atoms with Crippen molar-refractivity contribution in [1.29, 1.82) is 0 Å². The lowest BCUT2D eigenvalue weighted by molar-refractivity contribution is 0.489. The Balaban J connectivity index is 2.55. The normalized spacial score (nSPS) is 11.1. The van der Waals surface area contributed by atoms with Gasteiger partial charge in [-0.25, -0.2) is 9.99 Å². The van der Waals surface area contributed by atoms with Gasteiger partial charge < -0.3 is 5.43 Å². The zero-order valence-corrected chi connectivity index (χ0v) is 8.52. The number of aryl methyl sites for hydroxylation is 1. The summed E-state index contributed by atoms with van der Waals surface area (Å²) in [4.78, 5) is 4.14. The Kier molecular flexibility index (Phi) is 2.09. The van der Waals surface area contributed by atoms with Gasteiger partial charge in [0.2, 0.25) is 0 Å². The van der Waals surface area contributed by atoms with Gasteiger partial charge in [0.1, 0.15) is 12.1 Å². The fraction of sp³-hybridized carbons (Fsp3) is 0.333. The van der Waals surface area contributed by atoms with Crippen LogP contribution in [0.15, 0.2) is 18.5 Å². The summed E-state index contributed by atoms with van der Waals surface area (Å²) < 4.78 is 1.77. The molecule has 0 aliphatic heterocycles. The summed E-state index contributed by atoms with van der Waals surface area (Å²) in [6, 6.07) is 4.02. The Morgan fingerprint density at radius 1 is 1.36 bits per heavy atom.